The average molecular weight is 364 g/mol. The molecular formula is C22H16N6. The van der Waals surface area contributed by atoms with E-state index in [0.717, 1.165) is 45.3 Å². The third kappa shape index (κ3) is 3.07. The first kappa shape index (κ1) is 16.1. The van der Waals surface area contributed by atoms with Crippen molar-refractivity contribution in [3.63, 3.8) is 0 Å². The summed E-state index contributed by atoms with van der Waals surface area (Å²) in [7, 11) is 0. The van der Waals surface area contributed by atoms with Crippen molar-refractivity contribution in [2.75, 3.05) is 0 Å². The number of nitrogens with one attached hydrogen (secondary N) is 2. The van der Waals surface area contributed by atoms with Crippen LogP contribution in [0.25, 0.3) is 45.3 Å². The van der Waals surface area contributed by atoms with Gasteiger partial charge in [0.05, 0.1) is 11.4 Å². The van der Waals surface area contributed by atoms with Gasteiger partial charge in [0.15, 0.2) is 0 Å². The lowest BCUT2D eigenvalue weighted by molar-refractivity contribution is 1.28. The van der Waals surface area contributed by atoms with Crippen LogP contribution in [0, 0.1) is 0 Å². The number of aromatic nitrogens is 6. The molecule has 5 aromatic rings. The van der Waals surface area contributed by atoms with Crippen LogP contribution in [0.2, 0.25) is 0 Å². The van der Waals surface area contributed by atoms with Crippen LogP contribution in [0.1, 0.15) is 0 Å². The fraction of sp³-hybridized carbons (Fsp3) is 0. The predicted molar refractivity (Wildman–Crippen MR) is 108 cm³/mol. The first-order valence-electron chi connectivity index (χ1n) is 8.89. The summed E-state index contributed by atoms with van der Waals surface area (Å²) in [5.74, 6) is 1.61. The Kier molecular flexibility index (Phi) is 3.99. The molecule has 0 aliphatic carbocycles. The minimum absolute atomic E-state index is 0.805. The fourth-order valence-electron chi connectivity index (χ4n) is 3.08. The number of imidazole rings is 2. The van der Waals surface area contributed by atoms with E-state index >= 15 is 0 Å². The van der Waals surface area contributed by atoms with Crippen LogP contribution in [0.3, 0.4) is 0 Å². The number of benzene rings is 1. The van der Waals surface area contributed by atoms with Crippen molar-refractivity contribution < 1.29 is 0 Å². The van der Waals surface area contributed by atoms with Crippen LogP contribution in [-0.4, -0.2) is 29.9 Å². The minimum Gasteiger partial charge on any atom is -0.344 e. The standard InChI is InChI=1S/C22H16N6/c1-4-15(21-25-13-19(27-21)17-6-2-8-23-11-17)10-16(5-1)22-26-14-20(28-22)18-7-3-9-24-12-18/h1-14H,(H,25,27)(H,26,28). The Morgan fingerprint density at radius 2 is 1.07 bits per heavy atom. The van der Waals surface area contributed by atoms with Gasteiger partial charge in [0.1, 0.15) is 11.6 Å². The number of hydrogen-bond donors (Lipinski definition) is 2. The van der Waals surface area contributed by atoms with E-state index in [-0.39, 0.29) is 0 Å². The Morgan fingerprint density at radius 1 is 0.571 bits per heavy atom. The lowest BCUT2D eigenvalue weighted by Crippen LogP contribution is -1.85. The Bertz CT molecular complexity index is 1120. The van der Waals surface area contributed by atoms with Gasteiger partial charge >= 0.3 is 0 Å². The summed E-state index contributed by atoms with van der Waals surface area (Å²) in [5, 5.41) is 0. The van der Waals surface area contributed by atoms with Gasteiger partial charge in [-0.1, -0.05) is 18.2 Å². The molecule has 0 aliphatic heterocycles. The van der Waals surface area contributed by atoms with Gasteiger partial charge in [-0.05, 0) is 30.3 Å². The highest BCUT2D eigenvalue weighted by Crippen LogP contribution is 2.26. The molecule has 0 atom stereocenters. The Morgan fingerprint density at radius 3 is 1.54 bits per heavy atom. The molecule has 0 amide bonds. The molecule has 0 fully saturated rings. The van der Waals surface area contributed by atoms with Crippen LogP contribution >= 0.6 is 0 Å². The number of rotatable bonds is 4. The Hall–Kier alpha value is -4.06. The van der Waals surface area contributed by atoms with Crippen molar-refractivity contribution in [1.82, 2.24) is 29.9 Å². The second-order valence-electron chi connectivity index (χ2n) is 6.33. The lowest BCUT2D eigenvalue weighted by Gasteiger charge is -2.01. The van der Waals surface area contributed by atoms with E-state index in [0.29, 0.717) is 0 Å². The monoisotopic (exact) mass is 364 g/mol. The van der Waals surface area contributed by atoms with Crippen molar-refractivity contribution >= 4 is 0 Å². The number of nitrogens with zero attached hydrogens (tertiary/aromatic N) is 4. The van der Waals surface area contributed by atoms with Gasteiger partial charge in [-0.2, -0.15) is 0 Å². The van der Waals surface area contributed by atoms with Crippen LogP contribution in [0.4, 0.5) is 0 Å². The molecule has 5 rings (SSSR count). The molecule has 28 heavy (non-hydrogen) atoms. The number of pyridine rings is 2. The maximum Gasteiger partial charge on any atom is 0.138 e. The molecule has 0 unspecified atom stereocenters. The summed E-state index contributed by atoms with van der Waals surface area (Å²) in [5.41, 5.74) is 5.68. The largest absolute Gasteiger partial charge is 0.344 e. The van der Waals surface area contributed by atoms with Crippen LogP contribution in [-0.2, 0) is 0 Å². The molecule has 4 aromatic heterocycles. The average Bonchev–Trinajstić information content (AvgIpc) is 3.46. The molecule has 0 radical (unpaired) electrons. The van der Waals surface area contributed by atoms with Crippen LogP contribution in [0.15, 0.2) is 85.7 Å². The maximum absolute atomic E-state index is 4.70. The van der Waals surface area contributed by atoms with E-state index in [2.05, 4.69) is 26.0 Å². The zero-order valence-electron chi connectivity index (χ0n) is 14.9. The third-order valence-electron chi connectivity index (χ3n) is 4.48. The van der Waals surface area contributed by atoms with Crippen LogP contribution in [0.5, 0.6) is 0 Å². The minimum atomic E-state index is 0.805. The summed E-state index contributed by atoms with van der Waals surface area (Å²) in [6.45, 7) is 0. The molecule has 6 nitrogen and oxygen atoms in total. The highest BCUT2D eigenvalue weighted by atomic mass is 14.9. The van der Waals surface area contributed by atoms with E-state index in [1.54, 1.807) is 24.8 Å². The van der Waals surface area contributed by atoms with Gasteiger partial charge in [-0.15, -0.1) is 0 Å². The highest BCUT2D eigenvalue weighted by Gasteiger charge is 2.10. The zero-order chi connectivity index (χ0) is 18.8. The van der Waals surface area contributed by atoms with Crippen LogP contribution < -0.4 is 0 Å². The van der Waals surface area contributed by atoms with Crippen molar-refractivity contribution in [2.45, 2.75) is 0 Å². The van der Waals surface area contributed by atoms with Gasteiger partial charge in [0.2, 0.25) is 0 Å². The Labute approximate surface area is 161 Å². The Balaban J connectivity index is 1.46. The summed E-state index contributed by atoms with van der Waals surface area (Å²) >= 11 is 0. The van der Waals surface area contributed by atoms with Crippen molar-refractivity contribution in [3.05, 3.63) is 85.7 Å². The molecule has 0 saturated heterocycles. The fourth-order valence-corrected chi connectivity index (χ4v) is 3.08. The zero-order valence-corrected chi connectivity index (χ0v) is 14.9. The van der Waals surface area contributed by atoms with Gasteiger partial charge in [-0.25, -0.2) is 9.97 Å². The molecule has 4 heterocycles. The van der Waals surface area contributed by atoms with Gasteiger partial charge in [0, 0.05) is 59.4 Å². The van der Waals surface area contributed by atoms with E-state index < -0.39 is 0 Å². The van der Waals surface area contributed by atoms with E-state index in [9.17, 15) is 0 Å². The lowest BCUT2D eigenvalue weighted by atomic mass is 10.1. The molecule has 0 bridgehead atoms. The summed E-state index contributed by atoms with van der Waals surface area (Å²) < 4.78 is 0. The summed E-state index contributed by atoms with van der Waals surface area (Å²) in [6.07, 6.45) is 10.9. The molecule has 0 saturated carbocycles. The molecular weight excluding hydrogens is 348 g/mol. The SMILES string of the molecule is c1cncc(-c2c[nH]c(-c3cccc(-c4nc(-c5cccnc5)c[nH]4)c3)n2)c1. The molecule has 2 N–H and O–H groups in total. The number of H-pyrrole nitrogens is 2. The van der Waals surface area contributed by atoms with Gasteiger partial charge in [-0.3, -0.25) is 9.97 Å². The van der Waals surface area contributed by atoms with Gasteiger partial charge < -0.3 is 9.97 Å². The molecule has 0 spiro atoms. The quantitative estimate of drug-likeness (QED) is 0.488. The normalized spacial score (nSPS) is 10.9. The number of hydrogen-bond acceptors (Lipinski definition) is 4. The first-order valence-corrected chi connectivity index (χ1v) is 8.89. The van der Waals surface area contributed by atoms with E-state index in [1.807, 2.05) is 54.9 Å². The maximum atomic E-state index is 4.70. The van der Waals surface area contributed by atoms with Gasteiger partial charge in [0.25, 0.3) is 0 Å². The second kappa shape index (κ2) is 6.92. The summed E-state index contributed by atoms with van der Waals surface area (Å²) in [4.78, 5) is 24.2. The predicted octanol–water partition coefficient (Wildman–Crippen LogP) is 4.59. The van der Waals surface area contributed by atoms with Crippen molar-refractivity contribution in [3.8, 4) is 45.3 Å². The second-order valence-corrected chi connectivity index (χ2v) is 6.33. The molecule has 134 valence electrons. The molecule has 0 aliphatic rings. The topological polar surface area (TPSA) is 83.1 Å². The molecule has 1 aromatic carbocycles. The highest BCUT2D eigenvalue weighted by molar-refractivity contribution is 5.70. The smallest absolute Gasteiger partial charge is 0.138 e. The summed E-state index contributed by atoms with van der Waals surface area (Å²) in [6, 6.07) is 15.9. The van der Waals surface area contributed by atoms with E-state index in [4.69, 9.17) is 9.97 Å². The van der Waals surface area contributed by atoms with Crippen molar-refractivity contribution in [2.24, 2.45) is 0 Å². The van der Waals surface area contributed by atoms with Crippen molar-refractivity contribution in [1.29, 1.82) is 0 Å². The third-order valence-corrected chi connectivity index (χ3v) is 4.48. The van der Waals surface area contributed by atoms with E-state index in [1.165, 1.54) is 0 Å². The molecule has 6 heteroatoms. The number of aromatic amines is 2. The first-order chi connectivity index (χ1) is 13.9.